The van der Waals surface area contributed by atoms with E-state index in [9.17, 15) is 14.4 Å². The quantitative estimate of drug-likeness (QED) is 0.716. The van der Waals surface area contributed by atoms with Gasteiger partial charge < -0.3 is 15.4 Å². The highest BCUT2D eigenvalue weighted by Crippen LogP contribution is 2.20. The van der Waals surface area contributed by atoms with Crippen molar-refractivity contribution in [1.29, 1.82) is 0 Å². The third kappa shape index (κ3) is 5.57. The number of amides is 4. The molecule has 1 aliphatic carbocycles. The Hall–Kier alpha value is -3.35. The molecule has 0 aliphatic heterocycles. The van der Waals surface area contributed by atoms with Crippen molar-refractivity contribution in [2.45, 2.75) is 31.7 Å². The molecule has 7 nitrogen and oxygen atoms in total. The molecule has 0 atom stereocenters. The number of para-hydroxylation sites is 2. The van der Waals surface area contributed by atoms with E-state index in [1.165, 1.54) is 0 Å². The fourth-order valence-corrected chi connectivity index (χ4v) is 3.10. The van der Waals surface area contributed by atoms with Crippen LogP contribution in [0.3, 0.4) is 0 Å². The molecule has 0 radical (unpaired) electrons. The molecule has 0 unspecified atom stereocenters. The molecular formula is C21H23N3O4. The van der Waals surface area contributed by atoms with Crippen LogP contribution in [0.5, 0.6) is 5.75 Å². The maximum atomic E-state index is 12.5. The zero-order valence-electron chi connectivity index (χ0n) is 15.4. The fourth-order valence-electron chi connectivity index (χ4n) is 3.10. The molecule has 0 spiro atoms. The van der Waals surface area contributed by atoms with Crippen molar-refractivity contribution >= 4 is 23.5 Å². The minimum Gasteiger partial charge on any atom is -0.483 e. The van der Waals surface area contributed by atoms with Crippen LogP contribution in [0.15, 0.2) is 54.6 Å². The lowest BCUT2D eigenvalue weighted by molar-refractivity contribution is -0.122. The zero-order chi connectivity index (χ0) is 19.8. The zero-order valence-corrected chi connectivity index (χ0v) is 15.4. The highest BCUT2D eigenvalue weighted by atomic mass is 16.5. The third-order valence-corrected chi connectivity index (χ3v) is 4.47. The summed E-state index contributed by atoms with van der Waals surface area (Å²) in [7, 11) is 0. The predicted molar refractivity (Wildman–Crippen MR) is 105 cm³/mol. The Labute approximate surface area is 163 Å². The first kappa shape index (κ1) is 19.4. The first-order valence-corrected chi connectivity index (χ1v) is 9.30. The van der Waals surface area contributed by atoms with Crippen LogP contribution in [0.1, 0.15) is 36.0 Å². The SMILES string of the molecule is O=C(COc1ccccc1C(=O)Nc1ccccc1)NC(=O)NC1CCCC1. The minimum absolute atomic E-state index is 0.121. The Balaban J connectivity index is 1.53. The molecule has 0 heterocycles. The standard InChI is InChI=1S/C21H23N3O4/c25-19(24-21(27)23-16-10-4-5-11-16)14-28-18-13-7-6-12-17(18)20(26)22-15-8-2-1-3-9-15/h1-3,6-9,12-13,16H,4-5,10-11,14H2,(H,22,26)(H2,23,24,25,27). The molecule has 3 N–H and O–H groups in total. The largest absolute Gasteiger partial charge is 0.483 e. The second-order valence-corrected chi connectivity index (χ2v) is 6.61. The van der Waals surface area contributed by atoms with E-state index in [1.807, 2.05) is 18.2 Å². The average molecular weight is 381 g/mol. The molecule has 2 aromatic carbocycles. The number of carbonyl (C=O) groups excluding carboxylic acids is 3. The van der Waals surface area contributed by atoms with Gasteiger partial charge >= 0.3 is 6.03 Å². The van der Waals surface area contributed by atoms with E-state index >= 15 is 0 Å². The first-order valence-electron chi connectivity index (χ1n) is 9.30. The normalized spacial score (nSPS) is 13.6. The number of anilines is 1. The van der Waals surface area contributed by atoms with Crippen LogP contribution < -0.4 is 20.7 Å². The smallest absolute Gasteiger partial charge is 0.321 e. The minimum atomic E-state index is -0.575. The van der Waals surface area contributed by atoms with Crippen molar-refractivity contribution in [3.63, 3.8) is 0 Å². The van der Waals surface area contributed by atoms with E-state index in [1.54, 1.807) is 36.4 Å². The molecule has 1 fully saturated rings. The molecule has 3 rings (SSSR count). The molecule has 28 heavy (non-hydrogen) atoms. The van der Waals surface area contributed by atoms with Crippen molar-refractivity contribution < 1.29 is 19.1 Å². The Morgan fingerprint density at radius 3 is 2.36 bits per heavy atom. The summed E-state index contributed by atoms with van der Waals surface area (Å²) in [4.78, 5) is 36.3. The summed E-state index contributed by atoms with van der Waals surface area (Å²) in [6.45, 7) is -0.367. The Morgan fingerprint density at radius 2 is 1.61 bits per heavy atom. The number of hydrogen-bond acceptors (Lipinski definition) is 4. The van der Waals surface area contributed by atoms with E-state index in [0.717, 1.165) is 25.7 Å². The molecule has 1 aliphatic rings. The molecule has 0 saturated heterocycles. The van der Waals surface area contributed by atoms with Crippen molar-refractivity contribution in [1.82, 2.24) is 10.6 Å². The summed E-state index contributed by atoms with van der Waals surface area (Å²) in [5.74, 6) is -0.655. The maximum Gasteiger partial charge on any atom is 0.321 e. The summed E-state index contributed by atoms with van der Waals surface area (Å²) in [5.41, 5.74) is 0.957. The number of carbonyl (C=O) groups is 3. The van der Waals surface area contributed by atoms with Gasteiger partial charge in [0, 0.05) is 11.7 Å². The second kappa shape index (κ2) is 9.55. The summed E-state index contributed by atoms with van der Waals surface area (Å²) in [6, 6.07) is 15.3. The summed E-state index contributed by atoms with van der Waals surface area (Å²) >= 11 is 0. The van der Waals surface area contributed by atoms with Crippen molar-refractivity contribution in [2.75, 3.05) is 11.9 Å². The number of hydrogen-bond donors (Lipinski definition) is 3. The van der Waals surface area contributed by atoms with Crippen LogP contribution in [-0.4, -0.2) is 30.5 Å². The molecule has 2 aromatic rings. The van der Waals surface area contributed by atoms with E-state index in [-0.39, 0.29) is 24.3 Å². The Bertz CT molecular complexity index is 833. The van der Waals surface area contributed by atoms with E-state index in [4.69, 9.17) is 4.74 Å². The highest BCUT2D eigenvalue weighted by molar-refractivity contribution is 6.06. The van der Waals surface area contributed by atoms with E-state index in [0.29, 0.717) is 11.3 Å². The number of ether oxygens (including phenoxy) is 1. The lowest BCUT2D eigenvalue weighted by Gasteiger charge is -2.13. The Morgan fingerprint density at radius 1 is 0.929 bits per heavy atom. The van der Waals surface area contributed by atoms with Crippen LogP contribution >= 0.6 is 0 Å². The maximum absolute atomic E-state index is 12.5. The summed E-state index contributed by atoms with van der Waals surface area (Å²) < 4.78 is 5.48. The van der Waals surface area contributed by atoms with E-state index in [2.05, 4.69) is 16.0 Å². The van der Waals surface area contributed by atoms with Gasteiger partial charge in [0.15, 0.2) is 6.61 Å². The van der Waals surface area contributed by atoms with Crippen LogP contribution in [0, 0.1) is 0 Å². The fraction of sp³-hybridized carbons (Fsp3) is 0.286. The van der Waals surface area contributed by atoms with Crippen LogP contribution in [0.2, 0.25) is 0 Å². The van der Waals surface area contributed by atoms with Gasteiger partial charge in [-0.3, -0.25) is 14.9 Å². The van der Waals surface area contributed by atoms with Gasteiger partial charge in [-0.15, -0.1) is 0 Å². The first-order chi connectivity index (χ1) is 13.6. The van der Waals surface area contributed by atoms with Gasteiger partial charge in [0.25, 0.3) is 11.8 Å². The highest BCUT2D eigenvalue weighted by Gasteiger charge is 2.19. The van der Waals surface area contributed by atoms with Gasteiger partial charge in [0.2, 0.25) is 0 Å². The van der Waals surface area contributed by atoms with Gasteiger partial charge in [-0.25, -0.2) is 4.79 Å². The van der Waals surface area contributed by atoms with Gasteiger partial charge in [0.05, 0.1) is 5.56 Å². The molecule has 7 heteroatoms. The van der Waals surface area contributed by atoms with Gasteiger partial charge in [-0.05, 0) is 37.1 Å². The second-order valence-electron chi connectivity index (χ2n) is 6.61. The van der Waals surface area contributed by atoms with Crippen molar-refractivity contribution in [3.05, 3.63) is 60.2 Å². The molecular weight excluding hydrogens is 358 g/mol. The molecule has 0 aromatic heterocycles. The van der Waals surface area contributed by atoms with Crippen molar-refractivity contribution in [3.8, 4) is 5.75 Å². The molecule has 1 saturated carbocycles. The molecule has 4 amide bonds. The number of nitrogens with one attached hydrogen (secondary N) is 3. The third-order valence-electron chi connectivity index (χ3n) is 4.47. The van der Waals surface area contributed by atoms with Crippen LogP contribution in [-0.2, 0) is 4.79 Å². The van der Waals surface area contributed by atoms with Crippen LogP contribution in [0.25, 0.3) is 0 Å². The Kier molecular flexibility index (Phi) is 6.62. The van der Waals surface area contributed by atoms with Crippen LogP contribution in [0.4, 0.5) is 10.5 Å². The number of rotatable bonds is 6. The van der Waals surface area contributed by atoms with Gasteiger partial charge in [-0.1, -0.05) is 43.2 Å². The average Bonchev–Trinajstić information content (AvgIpc) is 3.20. The predicted octanol–water partition coefficient (Wildman–Crippen LogP) is 3.09. The monoisotopic (exact) mass is 381 g/mol. The number of imide groups is 1. The summed E-state index contributed by atoms with van der Waals surface area (Å²) in [5, 5.41) is 7.80. The summed E-state index contributed by atoms with van der Waals surface area (Å²) in [6.07, 6.45) is 4.04. The number of urea groups is 1. The molecule has 146 valence electrons. The number of benzene rings is 2. The van der Waals surface area contributed by atoms with Gasteiger partial charge in [-0.2, -0.15) is 0 Å². The van der Waals surface area contributed by atoms with Gasteiger partial charge in [0.1, 0.15) is 5.75 Å². The lowest BCUT2D eigenvalue weighted by atomic mass is 10.2. The van der Waals surface area contributed by atoms with Crippen molar-refractivity contribution in [2.24, 2.45) is 0 Å². The van der Waals surface area contributed by atoms with E-state index < -0.39 is 11.9 Å². The molecule has 0 bridgehead atoms. The topological polar surface area (TPSA) is 96.5 Å². The lowest BCUT2D eigenvalue weighted by Crippen LogP contribution is -2.45.